The third-order valence-corrected chi connectivity index (χ3v) is 8.54. The number of rotatable bonds is 7. The number of hydrogen-bond acceptors (Lipinski definition) is 8. The highest BCUT2D eigenvalue weighted by atomic mass is 32.2. The van der Waals surface area contributed by atoms with Gasteiger partial charge in [0.1, 0.15) is 9.84 Å². The summed E-state index contributed by atoms with van der Waals surface area (Å²) in [4.78, 5) is 33.2. The molecule has 0 spiro atoms. The average Bonchev–Trinajstić information content (AvgIpc) is 3.48. The molecule has 36 heavy (non-hydrogen) atoms. The number of thiophene rings is 1. The minimum absolute atomic E-state index is 0.0806. The highest BCUT2D eigenvalue weighted by Crippen LogP contribution is 2.37. The molecule has 7 nitrogen and oxygen atoms in total. The van der Waals surface area contributed by atoms with Crippen LogP contribution in [0, 0.1) is 6.92 Å². The van der Waals surface area contributed by atoms with Gasteiger partial charge in [-0.2, -0.15) is 0 Å². The van der Waals surface area contributed by atoms with Gasteiger partial charge in [0.05, 0.1) is 16.8 Å². The highest BCUT2D eigenvalue weighted by molar-refractivity contribution is 7.99. The molecule has 0 aliphatic heterocycles. The van der Waals surface area contributed by atoms with Gasteiger partial charge in [0, 0.05) is 16.4 Å². The minimum atomic E-state index is -0.229. The first-order valence-electron chi connectivity index (χ1n) is 11.4. The van der Waals surface area contributed by atoms with Crippen LogP contribution in [-0.2, 0) is 4.79 Å². The lowest BCUT2D eigenvalue weighted by molar-refractivity contribution is -0.113. The van der Waals surface area contributed by atoms with Crippen molar-refractivity contribution in [2.24, 2.45) is 0 Å². The molecule has 0 saturated carbocycles. The number of benzene rings is 2. The fraction of sp³-hybridized carbons (Fsp3) is 0.192. The molecule has 2 aromatic carbocycles. The number of aryl methyl sites for hydroxylation is 1. The predicted octanol–water partition coefficient (Wildman–Crippen LogP) is 6.13. The van der Waals surface area contributed by atoms with E-state index < -0.39 is 0 Å². The van der Waals surface area contributed by atoms with Gasteiger partial charge < -0.3 is 0 Å². The van der Waals surface area contributed by atoms with Crippen LogP contribution in [0.5, 0.6) is 0 Å². The van der Waals surface area contributed by atoms with Crippen LogP contribution in [0.15, 0.2) is 70.6 Å². The molecule has 0 aliphatic carbocycles. The van der Waals surface area contributed by atoms with Gasteiger partial charge in [0.15, 0.2) is 5.16 Å². The molecular weight excluding hydrogens is 511 g/mol. The minimum Gasteiger partial charge on any atom is -0.300 e. The number of para-hydroxylation sites is 1. The molecule has 0 fully saturated rings. The summed E-state index contributed by atoms with van der Waals surface area (Å²) in [7, 11) is 0. The topological polar surface area (TPSA) is 89.8 Å². The summed E-state index contributed by atoms with van der Waals surface area (Å²) in [6.07, 6.45) is 0. The molecule has 0 aliphatic rings. The van der Waals surface area contributed by atoms with Crippen molar-refractivity contribution < 1.29 is 4.79 Å². The van der Waals surface area contributed by atoms with Crippen LogP contribution in [-0.4, -0.2) is 31.4 Å². The number of hydrogen-bond donors (Lipinski definition) is 1. The van der Waals surface area contributed by atoms with E-state index in [0.717, 1.165) is 21.0 Å². The van der Waals surface area contributed by atoms with Gasteiger partial charge in [0.2, 0.25) is 11.0 Å². The molecule has 1 N–H and O–H groups in total. The maximum atomic E-state index is 14.0. The standard InChI is InChI=1S/C26H23N5O2S3/c1-15(2)22-29-30-25(36-22)27-19(32)14-34-26-28-23-21(24(33)31(26)18-12-8-5-9-13-18)20(16(3)35-23)17-10-6-4-7-11-17/h4-13,15H,14H2,1-3H3,(H,27,30,32). The number of nitrogens with one attached hydrogen (secondary N) is 1. The molecule has 0 atom stereocenters. The van der Waals surface area contributed by atoms with Crippen LogP contribution in [0.2, 0.25) is 0 Å². The summed E-state index contributed by atoms with van der Waals surface area (Å²) >= 11 is 4.08. The Bertz CT molecular complexity index is 1590. The second-order valence-electron chi connectivity index (χ2n) is 8.39. The number of aromatic nitrogens is 4. The molecule has 182 valence electrons. The number of amides is 1. The van der Waals surface area contributed by atoms with Crippen molar-refractivity contribution >= 4 is 55.7 Å². The third kappa shape index (κ3) is 4.84. The smallest absolute Gasteiger partial charge is 0.268 e. The largest absolute Gasteiger partial charge is 0.300 e. The summed E-state index contributed by atoms with van der Waals surface area (Å²) in [6.45, 7) is 6.07. The van der Waals surface area contributed by atoms with Crippen LogP contribution in [0.3, 0.4) is 0 Å². The zero-order valence-corrected chi connectivity index (χ0v) is 22.3. The Morgan fingerprint density at radius 1 is 1.03 bits per heavy atom. The van der Waals surface area contributed by atoms with Crippen LogP contribution in [0.25, 0.3) is 27.0 Å². The summed E-state index contributed by atoms with van der Waals surface area (Å²) in [6, 6.07) is 19.3. The molecule has 3 aromatic heterocycles. The van der Waals surface area contributed by atoms with E-state index in [-0.39, 0.29) is 23.1 Å². The number of nitrogens with zero attached hydrogens (tertiary/aromatic N) is 4. The maximum absolute atomic E-state index is 14.0. The van der Waals surface area contributed by atoms with Crippen molar-refractivity contribution in [1.82, 2.24) is 19.7 Å². The molecule has 1 amide bonds. The Kier molecular flexibility index (Phi) is 6.99. The highest BCUT2D eigenvalue weighted by Gasteiger charge is 2.21. The lowest BCUT2D eigenvalue weighted by Gasteiger charge is -2.12. The SMILES string of the molecule is Cc1sc2nc(SCC(=O)Nc3nnc(C(C)C)s3)n(-c3ccccc3)c(=O)c2c1-c1ccccc1. The summed E-state index contributed by atoms with van der Waals surface area (Å²) in [5.41, 5.74) is 2.44. The first-order valence-corrected chi connectivity index (χ1v) is 14.0. The van der Waals surface area contributed by atoms with Gasteiger partial charge in [-0.15, -0.1) is 21.5 Å². The normalized spacial score (nSPS) is 11.3. The lowest BCUT2D eigenvalue weighted by Crippen LogP contribution is -2.22. The fourth-order valence-corrected chi connectivity index (χ4v) is 6.46. The van der Waals surface area contributed by atoms with Gasteiger partial charge in [-0.25, -0.2) is 4.98 Å². The Labute approximate surface area is 220 Å². The van der Waals surface area contributed by atoms with Crippen LogP contribution in [0.4, 0.5) is 5.13 Å². The molecule has 0 saturated heterocycles. The number of fused-ring (bicyclic) bond motifs is 1. The molecular formula is C26H23N5O2S3. The number of carbonyl (C=O) groups is 1. The maximum Gasteiger partial charge on any atom is 0.268 e. The number of anilines is 1. The van der Waals surface area contributed by atoms with E-state index in [1.54, 1.807) is 4.57 Å². The second kappa shape index (κ2) is 10.3. The fourth-order valence-electron chi connectivity index (χ4n) is 3.80. The average molecular weight is 534 g/mol. The van der Waals surface area contributed by atoms with Gasteiger partial charge in [-0.3, -0.25) is 19.5 Å². The monoisotopic (exact) mass is 533 g/mol. The van der Waals surface area contributed by atoms with Crippen molar-refractivity contribution in [2.45, 2.75) is 31.8 Å². The third-order valence-electron chi connectivity index (χ3n) is 5.46. The van der Waals surface area contributed by atoms with Crippen molar-refractivity contribution in [1.29, 1.82) is 0 Å². The molecule has 3 heterocycles. The van der Waals surface area contributed by atoms with Crippen molar-refractivity contribution in [3.63, 3.8) is 0 Å². The molecule has 5 rings (SSSR count). The van der Waals surface area contributed by atoms with E-state index in [0.29, 0.717) is 26.2 Å². The lowest BCUT2D eigenvalue weighted by atomic mass is 10.0. The van der Waals surface area contributed by atoms with E-state index in [9.17, 15) is 9.59 Å². The van der Waals surface area contributed by atoms with E-state index >= 15 is 0 Å². The van der Waals surface area contributed by atoms with E-state index in [2.05, 4.69) is 15.5 Å². The zero-order chi connectivity index (χ0) is 25.2. The molecule has 10 heteroatoms. The second-order valence-corrected chi connectivity index (χ2v) is 11.5. The Hall–Kier alpha value is -3.34. The predicted molar refractivity (Wildman–Crippen MR) is 149 cm³/mol. The molecule has 0 unspecified atom stereocenters. The first kappa shape index (κ1) is 24.4. The summed E-state index contributed by atoms with van der Waals surface area (Å²) in [5, 5.41) is 13.4. The Balaban J connectivity index is 1.53. The van der Waals surface area contributed by atoms with Crippen molar-refractivity contribution in [3.05, 3.63) is 80.9 Å². The quantitative estimate of drug-likeness (QED) is 0.200. The summed E-state index contributed by atoms with van der Waals surface area (Å²) in [5.74, 6) is 0.0959. The first-order chi connectivity index (χ1) is 17.4. The number of carbonyl (C=O) groups excluding carboxylic acids is 1. The Morgan fingerprint density at radius 2 is 1.72 bits per heavy atom. The zero-order valence-electron chi connectivity index (χ0n) is 19.9. The van der Waals surface area contributed by atoms with Crippen molar-refractivity contribution in [3.8, 4) is 16.8 Å². The van der Waals surface area contributed by atoms with Gasteiger partial charge >= 0.3 is 0 Å². The van der Waals surface area contributed by atoms with E-state index in [1.807, 2.05) is 81.4 Å². The summed E-state index contributed by atoms with van der Waals surface area (Å²) < 4.78 is 1.60. The van der Waals surface area contributed by atoms with Crippen molar-refractivity contribution in [2.75, 3.05) is 11.1 Å². The molecule has 0 bridgehead atoms. The Morgan fingerprint density at radius 3 is 2.39 bits per heavy atom. The van der Waals surface area contributed by atoms with Crippen LogP contribution in [0.1, 0.15) is 29.7 Å². The number of thioether (sulfide) groups is 1. The van der Waals surface area contributed by atoms with Crippen LogP contribution < -0.4 is 10.9 Å². The van der Waals surface area contributed by atoms with E-state index in [1.165, 1.54) is 34.4 Å². The van der Waals surface area contributed by atoms with Crippen LogP contribution >= 0.6 is 34.4 Å². The van der Waals surface area contributed by atoms with Gasteiger partial charge in [-0.05, 0) is 24.6 Å². The van der Waals surface area contributed by atoms with Gasteiger partial charge in [-0.1, -0.05) is 85.5 Å². The molecule has 5 aromatic rings. The van der Waals surface area contributed by atoms with E-state index in [4.69, 9.17) is 4.98 Å². The van der Waals surface area contributed by atoms with Gasteiger partial charge in [0.25, 0.3) is 5.56 Å². The molecule has 0 radical (unpaired) electrons.